The molecule has 32 valence electrons. The van der Waals surface area contributed by atoms with Crippen molar-refractivity contribution in [3.63, 3.8) is 0 Å². The van der Waals surface area contributed by atoms with Crippen LogP contribution < -0.4 is 0 Å². The van der Waals surface area contributed by atoms with Gasteiger partial charge in [0.25, 0.3) is 0 Å². The van der Waals surface area contributed by atoms with Gasteiger partial charge in [0.05, 0.1) is 14.6 Å². The average Bonchev–Trinajstić information content (AvgIpc) is 1.76. The van der Waals surface area contributed by atoms with Gasteiger partial charge in [-0.15, -0.1) is 5.10 Å². The number of aromatic nitrogens is 2. The zero-order valence-corrected chi connectivity index (χ0v) is 2.46. The normalized spacial score (nSPS) is 6.67. The maximum atomic E-state index is 4.22. The molecular weight excluding hydrogens is 78.8 g/mol. The molecule has 0 saturated carbocycles. The highest BCUT2D eigenvalue weighted by Gasteiger charge is 1.61. The third kappa shape index (κ3) is 0.881. The molecule has 4 heteroatoms. The van der Waals surface area contributed by atoms with E-state index in [0.717, 1.165) is 0 Å². The molecule has 1 rings (SSSR count). The zero-order chi connectivity index (χ0) is 3.54. The average molecular weight is 83.9 g/mol. The molecule has 0 aliphatic rings. The van der Waals surface area contributed by atoms with Gasteiger partial charge >= 0.3 is 0 Å². The monoisotopic (exact) mass is 84.0 g/mol. The number of hydrogen-bond acceptors (Lipinski definition) is 3. The molecule has 0 aliphatic carbocycles. The van der Waals surface area contributed by atoms with Gasteiger partial charge in [-0.1, -0.05) is 0 Å². The minimum Gasteiger partial charge on any atom is -0.346 e. The summed E-state index contributed by atoms with van der Waals surface area (Å²) in [4.78, 5) is 0. The van der Waals surface area contributed by atoms with Gasteiger partial charge in [0, 0.05) is 5.27 Å². The first-order valence-corrected chi connectivity index (χ1v) is 1.21. The quantitative estimate of drug-likeness (QED) is 0.374. The van der Waals surface area contributed by atoms with Crippen LogP contribution in [0.1, 0.15) is 0 Å². The second-order valence-corrected chi connectivity index (χ2v) is 0.588. The Morgan fingerprint density at radius 1 is 1.50 bits per heavy atom. The third-order valence-corrected chi connectivity index (χ3v) is 0.283. The highest BCUT2D eigenvalue weighted by molar-refractivity contribution is 5.75. The SMILES string of the molecule is B.c1conn1. The fourth-order valence-electron chi connectivity index (χ4n) is 0.136. The Balaban J connectivity index is 0.000000250. The van der Waals surface area contributed by atoms with E-state index in [9.17, 15) is 0 Å². The van der Waals surface area contributed by atoms with Crippen molar-refractivity contribution in [3.05, 3.63) is 12.5 Å². The molecule has 3 nitrogen and oxygen atoms in total. The highest BCUT2D eigenvalue weighted by Crippen LogP contribution is 1.64. The molecular formula is C2H5BN2O. The van der Waals surface area contributed by atoms with Crippen LogP contribution >= 0.6 is 0 Å². The van der Waals surface area contributed by atoms with Crippen molar-refractivity contribution in [1.29, 1.82) is 0 Å². The third-order valence-electron chi connectivity index (χ3n) is 0.283. The predicted molar refractivity (Wildman–Crippen MR) is 24.2 cm³/mol. The fraction of sp³-hybridized carbons (Fsp3) is 0. The van der Waals surface area contributed by atoms with Crippen molar-refractivity contribution in [3.8, 4) is 0 Å². The Morgan fingerprint density at radius 3 is 2.50 bits per heavy atom. The van der Waals surface area contributed by atoms with E-state index in [-0.39, 0.29) is 8.41 Å². The Morgan fingerprint density at radius 2 is 2.33 bits per heavy atom. The van der Waals surface area contributed by atoms with Crippen LogP contribution in [-0.4, -0.2) is 18.8 Å². The maximum absolute atomic E-state index is 4.22. The smallest absolute Gasteiger partial charge is 0.144 e. The molecule has 6 heavy (non-hydrogen) atoms. The first kappa shape index (κ1) is 5.20. The molecule has 0 N–H and O–H groups in total. The summed E-state index contributed by atoms with van der Waals surface area (Å²) in [5.74, 6) is 0. The lowest BCUT2D eigenvalue weighted by molar-refractivity contribution is 0.393. The van der Waals surface area contributed by atoms with Gasteiger partial charge in [-0.05, 0) is 0 Å². The summed E-state index contributed by atoms with van der Waals surface area (Å²) in [6.45, 7) is 0. The second-order valence-electron chi connectivity index (χ2n) is 0.588. The van der Waals surface area contributed by atoms with E-state index in [4.69, 9.17) is 0 Å². The van der Waals surface area contributed by atoms with E-state index < -0.39 is 0 Å². The van der Waals surface area contributed by atoms with Crippen molar-refractivity contribution < 1.29 is 4.52 Å². The maximum Gasteiger partial charge on any atom is 0.144 e. The molecule has 1 aromatic heterocycles. The number of hydrogen-bond donors (Lipinski definition) is 0. The van der Waals surface area contributed by atoms with Gasteiger partial charge in [0.15, 0.2) is 0 Å². The lowest BCUT2D eigenvalue weighted by Gasteiger charge is -1.45. The second kappa shape index (κ2) is 2.44. The van der Waals surface area contributed by atoms with Crippen molar-refractivity contribution >= 4 is 8.41 Å². The molecule has 0 unspecified atom stereocenters. The van der Waals surface area contributed by atoms with Crippen LogP contribution in [0.5, 0.6) is 0 Å². The van der Waals surface area contributed by atoms with Gasteiger partial charge in [-0.2, -0.15) is 0 Å². The zero-order valence-electron chi connectivity index (χ0n) is 2.46. The molecule has 0 radical (unpaired) electrons. The van der Waals surface area contributed by atoms with Crippen molar-refractivity contribution in [1.82, 2.24) is 10.4 Å². The van der Waals surface area contributed by atoms with Crippen molar-refractivity contribution in [2.75, 3.05) is 0 Å². The first-order chi connectivity index (χ1) is 2.50. The molecule has 1 aromatic rings. The topological polar surface area (TPSA) is 38.9 Å². The summed E-state index contributed by atoms with van der Waals surface area (Å²) in [7, 11) is 0. The molecule has 0 fully saturated rings. The Kier molecular flexibility index (Phi) is 2.12. The molecule has 0 aliphatic heterocycles. The van der Waals surface area contributed by atoms with Crippen LogP contribution in [0.25, 0.3) is 0 Å². The van der Waals surface area contributed by atoms with Crippen molar-refractivity contribution in [2.45, 2.75) is 0 Å². The van der Waals surface area contributed by atoms with E-state index in [2.05, 4.69) is 14.9 Å². The van der Waals surface area contributed by atoms with E-state index in [0.29, 0.717) is 0 Å². The van der Waals surface area contributed by atoms with Crippen LogP contribution in [0, 0.1) is 0 Å². The van der Waals surface area contributed by atoms with Gasteiger partial charge in [0.2, 0.25) is 0 Å². The summed E-state index contributed by atoms with van der Waals surface area (Å²) < 4.78 is 4.22. The van der Waals surface area contributed by atoms with Gasteiger partial charge in [-0.25, -0.2) is 0 Å². The van der Waals surface area contributed by atoms with Crippen LogP contribution in [0.15, 0.2) is 17.0 Å². The summed E-state index contributed by atoms with van der Waals surface area (Å²) in [6, 6.07) is 0. The lowest BCUT2D eigenvalue weighted by Crippen LogP contribution is -1.53. The summed E-state index contributed by atoms with van der Waals surface area (Å²) in [5, 5.41) is 6.40. The van der Waals surface area contributed by atoms with E-state index in [1.54, 1.807) is 0 Å². The van der Waals surface area contributed by atoms with Gasteiger partial charge in [0.1, 0.15) is 6.26 Å². The minimum atomic E-state index is 0. The van der Waals surface area contributed by atoms with Gasteiger partial charge < -0.3 is 4.52 Å². The largest absolute Gasteiger partial charge is 0.346 e. The van der Waals surface area contributed by atoms with E-state index >= 15 is 0 Å². The Labute approximate surface area is 36.9 Å². The standard InChI is InChI=1S/C2H2N2O.BH3/c1-2-5-4-3-1;/h1-2H;1H3. The van der Waals surface area contributed by atoms with Crippen molar-refractivity contribution in [2.24, 2.45) is 0 Å². The van der Waals surface area contributed by atoms with Crippen LogP contribution in [0.2, 0.25) is 0 Å². The first-order valence-electron chi connectivity index (χ1n) is 1.21. The number of nitrogens with zero attached hydrogens (tertiary/aromatic N) is 2. The molecule has 0 spiro atoms. The van der Waals surface area contributed by atoms with Gasteiger partial charge in [-0.3, -0.25) is 0 Å². The highest BCUT2D eigenvalue weighted by atomic mass is 16.5. The van der Waals surface area contributed by atoms with E-state index in [1.165, 1.54) is 12.5 Å². The summed E-state index contributed by atoms with van der Waals surface area (Å²) >= 11 is 0. The minimum absolute atomic E-state index is 0. The lowest BCUT2D eigenvalue weighted by atomic mass is 10.8. The molecule has 0 bridgehead atoms. The fourth-order valence-corrected chi connectivity index (χ4v) is 0.136. The molecule has 0 amide bonds. The summed E-state index contributed by atoms with van der Waals surface area (Å²) in [6.07, 6.45) is 2.88. The predicted octanol–water partition coefficient (Wildman–Crippen LogP) is -1.11. The molecule has 1 heterocycles. The summed E-state index contributed by atoms with van der Waals surface area (Å²) in [5.41, 5.74) is 0. The molecule has 0 aromatic carbocycles. The van der Waals surface area contributed by atoms with Crippen LogP contribution in [0.3, 0.4) is 0 Å². The van der Waals surface area contributed by atoms with E-state index in [1.807, 2.05) is 0 Å². The molecule has 0 atom stereocenters. The number of rotatable bonds is 0. The van der Waals surface area contributed by atoms with Crippen LogP contribution in [0.4, 0.5) is 0 Å². The Hall–Kier alpha value is -0.795. The Bertz CT molecular complexity index is 68.0. The van der Waals surface area contributed by atoms with Crippen LogP contribution in [-0.2, 0) is 0 Å². The molecule has 0 saturated heterocycles.